The van der Waals surface area contributed by atoms with Crippen LogP contribution in [-0.2, 0) is 19.1 Å². The highest BCUT2D eigenvalue weighted by molar-refractivity contribution is 8.76. The first-order valence-electron chi connectivity index (χ1n) is 21.2. The summed E-state index contributed by atoms with van der Waals surface area (Å²) in [6.07, 6.45) is 1.81. The number of nitrogens with one attached hydrogen (secondary N) is 2. The number of hydrogen-bond acceptors (Lipinski definition) is 15. The number of hydrogen-bond donors (Lipinski definition) is 8. The Labute approximate surface area is 386 Å². The summed E-state index contributed by atoms with van der Waals surface area (Å²) in [5, 5.41) is 59.9. The molecule has 1 aliphatic carbocycles. The lowest BCUT2D eigenvalue weighted by Gasteiger charge is -2.55. The van der Waals surface area contributed by atoms with Gasteiger partial charge in [-0.05, 0) is 88.3 Å². The van der Waals surface area contributed by atoms with E-state index in [2.05, 4.69) is 54.5 Å². The number of allylic oxidation sites excluding steroid dienone is 4. The number of aliphatic hydroxyl groups excluding tert-OH is 2. The lowest BCUT2D eigenvalue weighted by Crippen LogP contribution is -2.82. The van der Waals surface area contributed by atoms with Gasteiger partial charge in [0.25, 0.3) is 5.91 Å². The van der Waals surface area contributed by atoms with Gasteiger partial charge in [-0.3, -0.25) is 19.7 Å². The van der Waals surface area contributed by atoms with Crippen LogP contribution in [-0.4, -0.2) is 103 Å². The quantitative estimate of drug-likeness (QED) is 0.0655. The van der Waals surface area contributed by atoms with Crippen LogP contribution in [0.3, 0.4) is 0 Å². The fraction of sp³-hybridized carbons (Fsp3) is 0.333. The number of carbonyl (C=O) groups excluding carboxylic acids is 2. The first-order valence-corrected chi connectivity index (χ1v) is 23.7. The topological polar surface area (TPSA) is 264 Å². The smallest absolute Gasteiger partial charge is 0.335 e. The number of nitrogens with two attached hydrogens (primary N) is 1. The van der Waals surface area contributed by atoms with E-state index in [9.17, 15) is 44.7 Å². The number of aromatic hydroxyl groups is 1. The summed E-state index contributed by atoms with van der Waals surface area (Å²) < 4.78 is 23.8. The molecule has 5 aromatic rings. The Morgan fingerprint density at radius 1 is 1.08 bits per heavy atom. The highest BCUT2D eigenvalue weighted by Gasteiger charge is 2.72. The molecular formula is C48H49N3O13S2. The van der Waals surface area contributed by atoms with Crippen molar-refractivity contribution in [3.63, 3.8) is 0 Å². The monoisotopic (exact) mass is 939 g/mol. The van der Waals surface area contributed by atoms with Gasteiger partial charge in [0.05, 0.1) is 10.9 Å². The second kappa shape index (κ2) is 19.3. The zero-order chi connectivity index (χ0) is 46.9. The molecule has 2 fully saturated rings. The maximum absolute atomic E-state index is 13.9. The molecule has 18 heteroatoms. The van der Waals surface area contributed by atoms with Gasteiger partial charge >= 0.3 is 5.97 Å². The average Bonchev–Trinajstić information content (AvgIpc) is 3.85. The lowest BCUT2D eigenvalue weighted by molar-refractivity contribution is -0.364. The molecular weight excluding hydrogens is 891 g/mol. The molecule has 0 saturated carbocycles. The van der Waals surface area contributed by atoms with E-state index < -0.39 is 59.0 Å². The zero-order valence-corrected chi connectivity index (χ0v) is 37.4. The largest absolute Gasteiger partial charge is 0.508 e. The van der Waals surface area contributed by atoms with Crippen LogP contribution >= 0.6 is 21.6 Å². The van der Waals surface area contributed by atoms with Gasteiger partial charge < -0.3 is 54.9 Å². The van der Waals surface area contributed by atoms with Crippen LogP contribution in [0.2, 0.25) is 0 Å². The number of benzene rings is 3. The number of phenols is 1. The van der Waals surface area contributed by atoms with Gasteiger partial charge in [0.1, 0.15) is 35.4 Å². The number of aliphatic carboxylic acids is 1. The molecule has 0 bridgehead atoms. The van der Waals surface area contributed by atoms with Crippen LogP contribution in [0.4, 0.5) is 0 Å². The molecule has 4 heterocycles. The lowest BCUT2D eigenvalue weighted by atomic mass is 9.72. The summed E-state index contributed by atoms with van der Waals surface area (Å²) in [4.78, 5) is 55.8. The van der Waals surface area contributed by atoms with E-state index in [1.54, 1.807) is 0 Å². The van der Waals surface area contributed by atoms with Gasteiger partial charge in [0.15, 0.2) is 18.0 Å². The molecule has 8 rings (SSSR count). The summed E-state index contributed by atoms with van der Waals surface area (Å²) in [5.41, 5.74) is 3.30. The highest BCUT2D eigenvalue weighted by Crippen LogP contribution is 2.46. The maximum Gasteiger partial charge on any atom is 0.335 e. The normalized spacial score (nSPS) is 29.2. The van der Waals surface area contributed by atoms with Crippen LogP contribution in [0.15, 0.2) is 113 Å². The molecule has 66 heavy (non-hydrogen) atoms. The van der Waals surface area contributed by atoms with E-state index in [4.69, 9.17) is 24.4 Å². The van der Waals surface area contributed by atoms with Gasteiger partial charge in [-0.1, -0.05) is 90.1 Å². The molecule has 1 amide bonds. The summed E-state index contributed by atoms with van der Waals surface area (Å²) in [7, 11) is 2.58. The van der Waals surface area contributed by atoms with Crippen molar-refractivity contribution in [2.75, 3.05) is 18.2 Å². The number of aromatic nitrogens is 1. The number of fused-ring (bicyclic) bond motifs is 3. The molecule has 0 spiro atoms. The summed E-state index contributed by atoms with van der Waals surface area (Å²) in [6.45, 7) is 4.27. The molecule has 0 radical (unpaired) electrons. The number of carboxylic acid groups (broad SMARTS) is 1. The molecule has 16 nitrogen and oxygen atoms in total. The first-order chi connectivity index (χ1) is 31.7. The number of rotatable bonds is 10. The molecule has 2 aromatic heterocycles. The zero-order valence-electron chi connectivity index (χ0n) is 35.7. The first kappa shape index (κ1) is 46.8. The third-order valence-electron chi connectivity index (χ3n) is 12.9. The van der Waals surface area contributed by atoms with E-state index in [0.29, 0.717) is 12.2 Å². The number of aliphatic hydroxyl groups is 3. The molecule has 9 N–H and O–H groups in total. The van der Waals surface area contributed by atoms with Crippen molar-refractivity contribution < 1.29 is 58.5 Å². The molecule has 10 atom stereocenters. The van der Waals surface area contributed by atoms with E-state index in [-0.39, 0.29) is 76.0 Å². The molecule has 2 saturated heterocycles. The molecule has 346 valence electrons. The molecule has 3 aliphatic rings. The molecule has 3 aromatic carbocycles. The van der Waals surface area contributed by atoms with Gasteiger partial charge in [-0.25, -0.2) is 4.79 Å². The Morgan fingerprint density at radius 3 is 2.56 bits per heavy atom. The summed E-state index contributed by atoms with van der Waals surface area (Å²) in [5.74, 6) is -3.67. The van der Waals surface area contributed by atoms with E-state index in [1.165, 1.54) is 52.8 Å². The fourth-order valence-corrected chi connectivity index (χ4v) is 11.2. The molecule has 2 aliphatic heterocycles. The predicted molar refractivity (Wildman–Crippen MR) is 248 cm³/mol. The Hall–Kier alpha value is -5.70. The second-order valence-corrected chi connectivity index (χ2v) is 19.2. The Morgan fingerprint density at radius 2 is 1.85 bits per heavy atom. The van der Waals surface area contributed by atoms with Crippen molar-refractivity contribution in [1.29, 1.82) is 0 Å². The van der Waals surface area contributed by atoms with Crippen LogP contribution in [0.25, 0.3) is 27.7 Å². The second-order valence-electron chi connectivity index (χ2n) is 16.7. The number of ether oxygens (including phenoxy) is 3. The number of aromatic amines is 1. The molecule has 0 unspecified atom stereocenters. The standard InChI is InChI=1S/C48H49N3O13S2/c1-25-7-9-27(33-6-4-3-5-32(25)33)10-8-26(2)35-21-51-45(59)48(60)46(64-41(44(57)58)42(55)47(48,23-52)61-24-66-65-22-36(35)29-17-18-50-20-29)62-31-15-16-34-37(19-31)63-40(43(49)56)38(39(34)54)28-11-13-30(53)14-12-28/h3-7,9-20,23,25-26,35-36,41-42,45-46,50-51,53,55,59-60H,8,21-22,24H2,1-2H3,(H2,49,56)(H,57,58)/b27-10+/t25-,26-,35+,36+,41+,42-,45-,46-,47+,48+/m1/s1. The van der Waals surface area contributed by atoms with Crippen molar-refractivity contribution in [2.45, 2.75) is 68.0 Å². The van der Waals surface area contributed by atoms with Gasteiger partial charge in [0, 0.05) is 30.8 Å². The van der Waals surface area contributed by atoms with Crippen molar-refractivity contribution in [1.82, 2.24) is 10.3 Å². The van der Waals surface area contributed by atoms with E-state index in [0.717, 1.165) is 33.6 Å². The summed E-state index contributed by atoms with van der Waals surface area (Å²) >= 11 is 0. The van der Waals surface area contributed by atoms with Crippen LogP contribution < -0.4 is 21.2 Å². The van der Waals surface area contributed by atoms with Crippen molar-refractivity contribution in [3.8, 4) is 22.6 Å². The van der Waals surface area contributed by atoms with Crippen LogP contribution in [0, 0.1) is 11.8 Å². The predicted octanol–water partition coefficient (Wildman–Crippen LogP) is 5.27. The fourth-order valence-electron chi connectivity index (χ4n) is 9.16. The van der Waals surface area contributed by atoms with Crippen LogP contribution in [0.1, 0.15) is 59.3 Å². The van der Waals surface area contributed by atoms with E-state index >= 15 is 0 Å². The van der Waals surface area contributed by atoms with Gasteiger partial charge in [-0.2, -0.15) is 0 Å². The van der Waals surface area contributed by atoms with Crippen molar-refractivity contribution >= 4 is 56.3 Å². The number of amides is 1. The Kier molecular flexibility index (Phi) is 13.7. The van der Waals surface area contributed by atoms with Gasteiger partial charge in [0.2, 0.25) is 23.1 Å². The van der Waals surface area contributed by atoms with Crippen molar-refractivity contribution in [3.05, 3.63) is 136 Å². The number of primary amides is 1. The summed E-state index contributed by atoms with van der Waals surface area (Å²) in [6, 6.07) is 19.4. The Bertz CT molecular complexity index is 2730. The minimum Gasteiger partial charge on any atom is -0.508 e. The van der Waals surface area contributed by atoms with E-state index in [1.807, 2.05) is 30.6 Å². The Balaban J connectivity index is 1.17. The number of H-pyrrole nitrogens is 1. The number of carboxylic acids is 1. The highest BCUT2D eigenvalue weighted by atomic mass is 33.1. The number of phenolic OH excluding ortho intramolecular Hbond substituents is 1. The SMILES string of the molecule is C[C@@H]1C=C/C(=C\C[C@@H](C)[C@@H]2CN[C@H](O)[C@]3(O)[C@H](Oc4ccc5c(=O)c(-c6ccc(O)cc6)c(C(N)=O)oc5c4)O[C@H](C(=O)O)[C@@H](O)[C@]3(C=O)OCSSC[C@H]2c2cc[nH]c2)c2ccccc21. The van der Waals surface area contributed by atoms with Gasteiger partial charge in [-0.15, -0.1) is 0 Å². The third-order valence-corrected chi connectivity index (χ3v) is 14.9. The number of carbonyl (C=O) groups is 3. The average molecular weight is 940 g/mol. The van der Waals surface area contributed by atoms with Crippen molar-refractivity contribution in [2.24, 2.45) is 17.6 Å². The number of aldehydes is 1. The minimum absolute atomic E-state index is 0.0266. The third kappa shape index (κ3) is 8.59. The maximum atomic E-state index is 13.9. The van der Waals surface area contributed by atoms with Crippen LogP contribution in [0.5, 0.6) is 11.5 Å². The minimum atomic E-state index is -3.09.